The van der Waals surface area contributed by atoms with Crippen LogP contribution < -0.4 is 10.6 Å². The highest BCUT2D eigenvalue weighted by Gasteiger charge is 2.40. The lowest BCUT2D eigenvalue weighted by Crippen LogP contribution is -2.52. The van der Waals surface area contributed by atoms with Gasteiger partial charge in [0.05, 0.1) is 5.54 Å². The van der Waals surface area contributed by atoms with Crippen molar-refractivity contribution in [3.63, 3.8) is 0 Å². The van der Waals surface area contributed by atoms with Gasteiger partial charge in [0, 0.05) is 6.04 Å². The van der Waals surface area contributed by atoms with Gasteiger partial charge >= 0.3 is 0 Å². The summed E-state index contributed by atoms with van der Waals surface area (Å²) in [4.78, 5) is 0. The Morgan fingerprint density at radius 2 is 2.33 bits per heavy atom. The van der Waals surface area contributed by atoms with Crippen LogP contribution in [0.4, 0.5) is 0 Å². The van der Waals surface area contributed by atoms with Crippen molar-refractivity contribution in [2.24, 2.45) is 0 Å². The topological polar surface area (TPSA) is 24.1 Å². The summed E-state index contributed by atoms with van der Waals surface area (Å²) in [5, 5.41) is 6.96. The number of rotatable bonds is 4. The normalized spacial score (nSPS) is 32.5. The largest absolute Gasteiger partial charge is 0.312 e. The van der Waals surface area contributed by atoms with Crippen molar-refractivity contribution in [1.29, 1.82) is 0 Å². The van der Waals surface area contributed by atoms with Crippen molar-refractivity contribution in [2.45, 2.75) is 31.8 Å². The van der Waals surface area contributed by atoms with Crippen molar-refractivity contribution in [3.05, 3.63) is 36.5 Å². The number of hydrogen-bond acceptors (Lipinski definition) is 2. The Hall–Kier alpha value is -0.860. The Morgan fingerprint density at radius 3 is 2.73 bits per heavy atom. The van der Waals surface area contributed by atoms with Gasteiger partial charge in [-0.1, -0.05) is 30.9 Å². The quantitative estimate of drug-likeness (QED) is 0.688. The van der Waals surface area contributed by atoms with E-state index in [0.29, 0.717) is 6.04 Å². The smallest absolute Gasteiger partial charge is 0.0593 e. The maximum atomic E-state index is 3.71. The maximum absolute atomic E-state index is 3.71. The van der Waals surface area contributed by atoms with Crippen LogP contribution in [-0.4, -0.2) is 25.2 Å². The van der Waals surface area contributed by atoms with Gasteiger partial charge in [0.15, 0.2) is 0 Å². The fraction of sp³-hybridized carbons (Fsp3) is 0.538. The summed E-state index contributed by atoms with van der Waals surface area (Å²) in [5.74, 6) is 0. The summed E-state index contributed by atoms with van der Waals surface area (Å²) >= 11 is 0. The molecular weight excluding hydrogens is 184 g/mol. The lowest BCUT2D eigenvalue weighted by Gasteiger charge is -2.34. The zero-order valence-electron chi connectivity index (χ0n) is 10.0. The van der Waals surface area contributed by atoms with Crippen LogP contribution in [0.15, 0.2) is 36.5 Å². The SMILES string of the molecule is C=C/C=C\C(=C/C)[C@]1(NC)CCNC1C. The van der Waals surface area contributed by atoms with Crippen molar-refractivity contribution in [1.82, 2.24) is 10.6 Å². The molecule has 15 heavy (non-hydrogen) atoms. The molecule has 0 aromatic rings. The predicted molar refractivity (Wildman–Crippen MR) is 67.0 cm³/mol. The standard InChI is InChI=1S/C13H22N2/c1-5-7-8-12(6-2)13(14-4)9-10-15-11(13)3/h5-8,11,14-15H,1,9-10H2,2-4H3/b8-7-,12-6+/t11?,13-/m0/s1. The first-order valence-corrected chi connectivity index (χ1v) is 5.59. The van der Waals surface area contributed by atoms with E-state index in [1.165, 1.54) is 5.57 Å². The van der Waals surface area contributed by atoms with E-state index in [9.17, 15) is 0 Å². The monoisotopic (exact) mass is 206 g/mol. The summed E-state index contributed by atoms with van der Waals surface area (Å²) < 4.78 is 0. The second-order valence-corrected chi connectivity index (χ2v) is 3.99. The van der Waals surface area contributed by atoms with Crippen molar-refractivity contribution in [3.8, 4) is 0 Å². The van der Waals surface area contributed by atoms with Crippen molar-refractivity contribution < 1.29 is 0 Å². The molecule has 2 nitrogen and oxygen atoms in total. The van der Waals surface area contributed by atoms with Gasteiger partial charge in [0.1, 0.15) is 0 Å². The van der Waals surface area contributed by atoms with E-state index < -0.39 is 0 Å². The van der Waals surface area contributed by atoms with Gasteiger partial charge in [0.2, 0.25) is 0 Å². The van der Waals surface area contributed by atoms with Gasteiger partial charge in [-0.05, 0) is 39.4 Å². The molecule has 2 N–H and O–H groups in total. The minimum absolute atomic E-state index is 0.0776. The predicted octanol–water partition coefficient (Wildman–Crippen LogP) is 2.01. The first kappa shape index (κ1) is 12.2. The minimum atomic E-state index is 0.0776. The van der Waals surface area contributed by atoms with E-state index in [-0.39, 0.29) is 5.54 Å². The van der Waals surface area contributed by atoms with E-state index in [2.05, 4.69) is 43.2 Å². The third-order valence-electron chi connectivity index (χ3n) is 3.39. The molecule has 1 fully saturated rings. The summed E-state index contributed by atoms with van der Waals surface area (Å²) in [7, 11) is 2.04. The minimum Gasteiger partial charge on any atom is -0.312 e. The molecule has 1 rings (SSSR count). The van der Waals surface area contributed by atoms with Crippen LogP contribution in [0.5, 0.6) is 0 Å². The second kappa shape index (κ2) is 5.29. The highest BCUT2D eigenvalue weighted by molar-refractivity contribution is 5.36. The molecule has 1 saturated heterocycles. The van der Waals surface area contributed by atoms with Crippen LogP contribution in [0.3, 0.4) is 0 Å². The third-order valence-corrected chi connectivity index (χ3v) is 3.39. The molecule has 0 radical (unpaired) electrons. The van der Waals surface area contributed by atoms with E-state index >= 15 is 0 Å². The molecule has 1 heterocycles. The van der Waals surface area contributed by atoms with Gasteiger partial charge in [-0.25, -0.2) is 0 Å². The Balaban J connectivity index is 2.98. The van der Waals surface area contributed by atoms with Crippen LogP contribution >= 0.6 is 0 Å². The van der Waals surface area contributed by atoms with Gasteiger partial charge in [0.25, 0.3) is 0 Å². The first-order valence-electron chi connectivity index (χ1n) is 5.59. The van der Waals surface area contributed by atoms with E-state index in [4.69, 9.17) is 0 Å². The molecule has 0 aromatic heterocycles. The van der Waals surface area contributed by atoms with E-state index in [1.54, 1.807) is 0 Å². The molecule has 0 aromatic carbocycles. The van der Waals surface area contributed by atoms with Crippen LogP contribution in [0.25, 0.3) is 0 Å². The van der Waals surface area contributed by atoms with Crippen LogP contribution in [0, 0.1) is 0 Å². The summed E-state index contributed by atoms with van der Waals surface area (Å²) in [6.45, 7) is 9.10. The maximum Gasteiger partial charge on any atom is 0.0593 e. The van der Waals surface area contributed by atoms with Crippen molar-refractivity contribution >= 4 is 0 Å². The Labute approximate surface area is 93.1 Å². The third kappa shape index (κ3) is 2.21. The molecule has 1 aliphatic heterocycles. The number of hydrogen-bond donors (Lipinski definition) is 2. The average Bonchev–Trinajstić information content (AvgIpc) is 2.62. The zero-order chi connectivity index (χ0) is 11.3. The molecule has 0 spiro atoms. The lowest BCUT2D eigenvalue weighted by atomic mass is 9.82. The molecule has 0 bridgehead atoms. The highest BCUT2D eigenvalue weighted by atomic mass is 15.1. The molecule has 0 amide bonds. The zero-order valence-corrected chi connectivity index (χ0v) is 10.0. The van der Waals surface area contributed by atoms with Crippen molar-refractivity contribution in [2.75, 3.05) is 13.6 Å². The van der Waals surface area contributed by atoms with Gasteiger partial charge in [-0.3, -0.25) is 0 Å². The summed E-state index contributed by atoms with van der Waals surface area (Å²) in [6.07, 6.45) is 9.28. The fourth-order valence-electron chi connectivity index (χ4n) is 2.43. The van der Waals surface area contributed by atoms with Crippen LogP contribution in [0.2, 0.25) is 0 Å². The number of likely N-dealkylation sites (N-methyl/N-ethyl adjacent to an activating group) is 1. The Bertz CT molecular complexity index is 278. The van der Waals surface area contributed by atoms with Crippen LogP contribution in [-0.2, 0) is 0 Å². The van der Waals surface area contributed by atoms with Gasteiger partial charge < -0.3 is 10.6 Å². The Morgan fingerprint density at radius 1 is 1.60 bits per heavy atom. The fourth-order valence-corrected chi connectivity index (χ4v) is 2.43. The molecule has 2 heteroatoms. The lowest BCUT2D eigenvalue weighted by molar-refractivity contribution is 0.384. The molecule has 1 aliphatic rings. The number of nitrogens with one attached hydrogen (secondary N) is 2. The van der Waals surface area contributed by atoms with E-state index in [0.717, 1.165) is 13.0 Å². The second-order valence-electron chi connectivity index (χ2n) is 3.99. The van der Waals surface area contributed by atoms with Gasteiger partial charge in [-0.2, -0.15) is 0 Å². The van der Waals surface area contributed by atoms with Crippen LogP contribution in [0.1, 0.15) is 20.3 Å². The number of allylic oxidation sites excluding steroid dienone is 3. The molecule has 2 atom stereocenters. The van der Waals surface area contributed by atoms with Gasteiger partial charge in [-0.15, -0.1) is 0 Å². The average molecular weight is 206 g/mol. The highest BCUT2D eigenvalue weighted by Crippen LogP contribution is 2.29. The molecule has 1 unspecified atom stereocenters. The molecule has 84 valence electrons. The van der Waals surface area contributed by atoms with E-state index in [1.807, 2.05) is 19.2 Å². The molecule has 0 aliphatic carbocycles. The first-order chi connectivity index (χ1) is 7.21. The Kier molecular flexibility index (Phi) is 4.30. The summed E-state index contributed by atoms with van der Waals surface area (Å²) in [5.41, 5.74) is 1.41. The summed E-state index contributed by atoms with van der Waals surface area (Å²) in [6, 6.07) is 0.461. The molecular formula is C13H22N2. The molecule has 0 saturated carbocycles.